The molecule has 0 aliphatic carbocycles. The van der Waals surface area contributed by atoms with Crippen LogP contribution in [-0.4, -0.2) is 37.4 Å². The summed E-state index contributed by atoms with van der Waals surface area (Å²) in [6.07, 6.45) is 5.59. The molecule has 2 aromatic heterocycles. The fourth-order valence-corrected chi connectivity index (χ4v) is 2.24. The Morgan fingerprint density at radius 2 is 2.25 bits per heavy atom. The number of amides is 1. The van der Waals surface area contributed by atoms with Gasteiger partial charge in [0, 0.05) is 26.5 Å². The van der Waals surface area contributed by atoms with Crippen molar-refractivity contribution in [3.63, 3.8) is 0 Å². The van der Waals surface area contributed by atoms with E-state index in [0.29, 0.717) is 18.0 Å². The van der Waals surface area contributed by atoms with Crippen molar-refractivity contribution in [2.75, 3.05) is 7.05 Å². The second-order valence-electron chi connectivity index (χ2n) is 4.70. The smallest absolute Gasteiger partial charge is 0.247 e. The minimum absolute atomic E-state index is 0.00784. The maximum absolute atomic E-state index is 12.5. The molecule has 0 aromatic carbocycles. The highest BCUT2D eigenvalue weighted by atomic mass is 35.5. The second kappa shape index (κ2) is 6.09. The molecule has 108 valence electrons. The third-order valence-electron chi connectivity index (χ3n) is 3.26. The third-order valence-corrected chi connectivity index (χ3v) is 3.45. The van der Waals surface area contributed by atoms with Gasteiger partial charge in [-0.3, -0.25) is 14.2 Å². The van der Waals surface area contributed by atoms with E-state index >= 15 is 0 Å². The van der Waals surface area contributed by atoms with E-state index in [0.717, 1.165) is 5.69 Å². The number of likely N-dealkylation sites (N-methyl/N-ethyl adjacent to an activating group) is 1. The van der Waals surface area contributed by atoms with Crippen LogP contribution in [0.2, 0.25) is 5.02 Å². The molecule has 0 saturated heterocycles. The van der Waals surface area contributed by atoms with Gasteiger partial charge in [0.1, 0.15) is 6.04 Å². The molecule has 0 saturated carbocycles. The van der Waals surface area contributed by atoms with Gasteiger partial charge in [-0.2, -0.15) is 10.2 Å². The lowest BCUT2D eigenvalue weighted by atomic mass is 10.2. The Labute approximate surface area is 122 Å². The van der Waals surface area contributed by atoms with Crippen LogP contribution in [0.15, 0.2) is 24.7 Å². The fourth-order valence-electron chi connectivity index (χ4n) is 2.09. The Kier molecular flexibility index (Phi) is 4.44. The fraction of sp³-hybridized carbons (Fsp3) is 0.462. The highest BCUT2D eigenvalue weighted by Crippen LogP contribution is 2.17. The first-order valence-corrected chi connectivity index (χ1v) is 6.82. The molecular formula is C13H18ClN5O. The Morgan fingerprint density at radius 1 is 1.50 bits per heavy atom. The minimum Gasteiger partial charge on any atom is -0.338 e. The van der Waals surface area contributed by atoms with Crippen molar-refractivity contribution in [2.45, 2.75) is 25.9 Å². The summed E-state index contributed by atoms with van der Waals surface area (Å²) in [5.41, 5.74) is 0.981. The monoisotopic (exact) mass is 295 g/mol. The average Bonchev–Trinajstić information content (AvgIpc) is 3.00. The molecule has 0 aliphatic rings. The van der Waals surface area contributed by atoms with Gasteiger partial charge in [0.2, 0.25) is 5.91 Å². The average molecular weight is 296 g/mol. The van der Waals surface area contributed by atoms with Crippen molar-refractivity contribution >= 4 is 17.5 Å². The van der Waals surface area contributed by atoms with Gasteiger partial charge in [0.15, 0.2) is 0 Å². The van der Waals surface area contributed by atoms with E-state index in [9.17, 15) is 4.79 Å². The van der Waals surface area contributed by atoms with Crippen LogP contribution < -0.4 is 0 Å². The topological polar surface area (TPSA) is 56.0 Å². The minimum atomic E-state index is -0.333. The van der Waals surface area contributed by atoms with Gasteiger partial charge in [-0.05, 0) is 12.5 Å². The van der Waals surface area contributed by atoms with E-state index in [1.54, 1.807) is 39.9 Å². The number of carbonyl (C=O) groups excluding carboxylic acids is 1. The van der Waals surface area contributed by atoms with Crippen molar-refractivity contribution < 1.29 is 4.79 Å². The normalized spacial score (nSPS) is 12.4. The van der Waals surface area contributed by atoms with Crippen molar-refractivity contribution in [1.82, 2.24) is 24.5 Å². The van der Waals surface area contributed by atoms with Gasteiger partial charge >= 0.3 is 0 Å². The first-order chi connectivity index (χ1) is 9.52. The molecule has 0 radical (unpaired) electrons. The van der Waals surface area contributed by atoms with Gasteiger partial charge in [0.05, 0.1) is 23.5 Å². The molecule has 20 heavy (non-hydrogen) atoms. The zero-order valence-electron chi connectivity index (χ0n) is 11.8. The molecule has 0 spiro atoms. The van der Waals surface area contributed by atoms with Crippen LogP contribution in [0.25, 0.3) is 0 Å². The lowest BCUT2D eigenvalue weighted by Gasteiger charge is -2.23. The number of hydrogen-bond donors (Lipinski definition) is 0. The molecule has 1 amide bonds. The van der Waals surface area contributed by atoms with Crippen molar-refractivity contribution in [3.8, 4) is 0 Å². The molecule has 2 aromatic rings. The lowest BCUT2D eigenvalue weighted by molar-refractivity contribution is -0.134. The van der Waals surface area contributed by atoms with Gasteiger partial charge in [-0.15, -0.1) is 0 Å². The van der Waals surface area contributed by atoms with E-state index in [-0.39, 0.29) is 11.9 Å². The Hall–Kier alpha value is -1.82. The largest absolute Gasteiger partial charge is 0.338 e. The molecule has 0 aliphatic heterocycles. The van der Waals surface area contributed by atoms with Crippen LogP contribution >= 0.6 is 11.6 Å². The summed E-state index contributed by atoms with van der Waals surface area (Å²) in [6, 6.07) is 1.57. The molecule has 0 N–H and O–H groups in total. The summed E-state index contributed by atoms with van der Waals surface area (Å²) < 4.78 is 3.37. The Bertz CT molecular complexity index is 591. The molecule has 2 heterocycles. The zero-order chi connectivity index (χ0) is 14.7. The number of rotatable bonds is 5. The predicted octanol–water partition coefficient (Wildman–Crippen LogP) is 1.88. The van der Waals surface area contributed by atoms with Gasteiger partial charge in [-0.1, -0.05) is 18.5 Å². The Balaban J connectivity index is 2.10. The van der Waals surface area contributed by atoms with E-state index in [1.165, 1.54) is 0 Å². The van der Waals surface area contributed by atoms with Gasteiger partial charge in [-0.25, -0.2) is 0 Å². The summed E-state index contributed by atoms with van der Waals surface area (Å²) >= 11 is 5.86. The van der Waals surface area contributed by atoms with Crippen LogP contribution in [0.5, 0.6) is 0 Å². The molecule has 1 unspecified atom stereocenters. The van der Waals surface area contributed by atoms with E-state index in [2.05, 4.69) is 10.2 Å². The van der Waals surface area contributed by atoms with Crippen LogP contribution in [0, 0.1) is 0 Å². The molecular weight excluding hydrogens is 278 g/mol. The zero-order valence-corrected chi connectivity index (χ0v) is 12.6. The lowest BCUT2D eigenvalue weighted by Crippen LogP contribution is -2.34. The third kappa shape index (κ3) is 3.01. The molecule has 2 rings (SSSR count). The van der Waals surface area contributed by atoms with E-state index in [1.807, 2.05) is 20.0 Å². The standard InChI is InChI=1S/C13H18ClN5O/c1-4-12(19-8-10(14)7-16-19)13(20)17(2)9-11-5-6-15-18(11)3/h5-8,12H,4,9H2,1-3H3. The highest BCUT2D eigenvalue weighted by Gasteiger charge is 2.23. The van der Waals surface area contributed by atoms with Crippen LogP contribution in [0.3, 0.4) is 0 Å². The van der Waals surface area contributed by atoms with Crippen LogP contribution in [0.4, 0.5) is 0 Å². The molecule has 1 atom stereocenters. The van der Waals surface area contributed by atoms with Crippen molar-refractivity contribution in [3.05, 3.63) is 35.4 Å². The number of nitrogens with zero attached hydrogens (tertiary/aromatic N) is 5. The molecule has 6 nitrogen and oxygen atoms in total. The SMILES string of the molecule is CCC(C(=O)N(C)Cc1ccnn1C)n1cc(Cl)cn1. The van der Waals surface area contributed by atoms with Crippen molar-refractivity contribution in [2.24, 2.45) is 7.05 Å². The number of halogens is 1. The summed E-state index contributed by atoms with van der Waals surface area (Å²) in [4.78, 5) is 14.2. The summed E-state index contributed by atoms with van der Waals surface area (Å²) in [5.74, 6) is 0.00784. The van der Waals surface area contributed by atoms with Crippen LogP contribution in [-0.2, 0) is 18.4 Å². The Morgan fingerprint density at radius 3 is 2.75 bits per heavy atom. The van der Waals surface area contributed by atoms with E-state index < -0.39 is 0 Å². The first-order valence-electron chi connectivity index (χ1n) is 6.44. The maximum Gasteiger partial charge on any atom is 0.247 e. The van der Waals surface area contributed by atoms with Gasteiger partial charge in [0.25, 0.3) is 0 Å². The molecule has 0 bridgehead atoms. The number of aromatic nitrogens is 4. The van der Waals surface area contributed by atoms with E-state index in [4.69, 9.17) is 11.6 Å². The molecule has 7 heteroatoms. The second-order valence-corrected chi connectivity index (χ2v) is 5.14. The summed E-state index contributed by atoms with van der Waals surface area (Å²) in [7, 11) is 3.64. The van der Waals surface area contributed by atoms with Crippen LogP contribution in [0.1, 0.15) is 25.1 Å². The number of aryl methyl sites for hydroxylation is 1. The summed E-state index contributed by atoms with van der Waals surface area (Å²) in [6.45, 7) is 2.47. The number of carbonyl (C=O) groups is 1. The van der Waals surface area contributed by atoms with Crippen molar-refractivity contribution in [1.29, 1.82) is 0 Å². The summed E-state index contributed by atoms with van der Waals surface area (Å²) in [5, 5.41) is 8.76. The van der Waals surface area contributed by atoms with Gasteiger partial charge < -0.3 is 4.90 Å². The molecule has 0 fully saturated rings. The highest BCUT2D eigenvalue weighted by molar-refractivity contribution is 6.30. The quantitative estimate of drug-likeness (QED) is 0.846. The first kappa shape index (κ1) is 14.6. The number of hydrogen-bond acceptors (Lipinski definition) is 3. The predicted molar refractivity (Wildman–Crippen MR) is 76.2 cm³/mol. The maximum atomic E-state index is 12.5.